The molecule has 158 valence electrons. The average molecular weight is 497 g/mol. The molecule has 0 aliphatic carbocycles. The third-order valence-corrected chi connectivity index (χ3v) is 6.44. The van der Waals surface area contributed by atoms with Crippen LogP contribution in [0.25, 0.3) is 11.3 Å². The Labute approximate surface area is 181 Å². The number of amides is 1. The van der Waals surface area contributed by atoms with Crippen LogP contribution in [0.3, 0.4) is 0 Å². The lowest BCUT2D eigenvalue weighted by Crippen LogP contribution is -2.18. The van der Waals surface area contributed by atoms with E-state index in [1.807, 2.05) is 0 Å². The van der Waals surface area contributed by atoms with E-state index in [4.69, 9.17) is 9.26 Å². The fourth-order valence-electron chi connectivity index (χ4n) is 2.71. The number of rotatable bonds is 7. The molecule has 0 fully saturated rings. The van der Waals surface area contributed by atoms with Gasteiger partial charge in [0.25, 0.3) is 0 Å². The predicted octanol–water partition coefficient (Wildman–Crippen LogP) is 4.36. The highest BCUT2D eigenvalue weighted by Crippen LogP contribution is 2.31. The summed E-state index contributed by atoms with van der Waals surface area (Å²) in [5, 5.41) is 6.17. The minimum absolute atomic E-state index is 0.0270. The Morgan fingerprint density at radius 2 is 2.00 bits per heavy atom. The Morgan fingerprint density at radius 1 is 1.23 bits per heavy atom. The normalized spacial score (nSPS) is 11.3. The van der Waals surface area contributed by atoms with Crippen LogP contribution in [0, 0.1) is 12.7 Å². The third kappa shape index (κ3) is 5.06. The number of benzene rings is 2. The second kappa shape index (κ2) is 8.97. The van der Waals surface area contributed by atoms with Gasteiger partial charge in [-0.05, 0) is 43.3 Å². The van der Waals surface area contributed by atoms with Gasteiger partial charge in [0.2, 0.25) is 5.91 Å². The fraction of sp³-hybridized carbons (Fsp3) is 0.200. The van der Waals surface area contributed by atoms with Crippen LogP contribution in [0.4, 0.5) is 10.1 Å². The van der Waals surface area contributed by atoms with E-state index in [2.05, 4.69) is 26.4 Å². The van der Waals surface area contributed by atoms with Crippen LogP contribution < -0.4 is 10.1 Å². The van der Waals surface area contributed by atoms with E-state index in [0.717, 1.165) is 0 Å². The van der Waals surface area contributed by atoms with Gasteiger partial charge in [0.1, 0.15) is 16.5 Å². The SMILES string of the molecule is COc1ccc(-c2cc(C)no2)cc1S(=O)(=O)CCC(=O)Nc1ccc(Br)cc1F. The molecule has 1 heterocycles. The quantitative estimate of drug-likeness (QED) is 0.521. The molecule has 3 rings (SSSR count). The largest absolute Gasteiger partial charge is 0.495 e. The van der Waals surface area contributed by atoms with E-state index in [-0.39, 0.29) is 22.8 Å². The van der Waals surface area contributed by atoms with Gasteiger partial charge >= 0.3 is 0 Å². The van der Waals surface area contributed by atoms with Crippen LogP contribution in [0.1, 0.15) is 12.1 Å². The molecule has 0 spiro atoms. The van der Waals surface area contributed by atoms with E-state index in [0.29, 0.717) is 21.5 Å². The van der Waals surface area contributed by atoms with Crippen molar-refractivity contribution in [3.63, 3.8) is 0 Å². The third-order valence-electron chi connectivity index (χ3n) is 4.21. The maximum atomic E-state index is 13.9. The highest BCUT2D eigenvalue weighted by atomic mass is 79.9. The molecule has 3 aromatic rings. The molecule has 1 N–H and O–H groups in total. The number of hydrogen-bond donors (Lipinski definition) is 1. The van der Waals surface area contributed by atoms with Crippen LogP contribution >= 0.6 is 15.9 Å². The number of nitrogens with one attached hydrogen (secondary N) is 1. The van der Waals surface area contributed by atoms with E-state index in [9.17, 15) is 17.6 Å². The Bertz CT molecular complexity index is 1190. The zero-order chi connectivity index (χ0) is 21.9. The number of halogens is 2. The summed E-state index contributed by atoms with van der Waals surface area (Å²) in [5.41, 5.74) is 1.14. The van der Waals surface area contributed by atoms with E-state index in [1.165, 1.54) is 31.4 Å². The molecule has 0 aliphatic rings. The van der Waals surface area contributed by atoms with Crippen molar-refractivity contribution in [2.24, 2.45) is 0 Å². The predicted molar refractivity (Wildman–Crippen MR) is 113 cm³/mol. The number of ether oxygens (including phenoxy) is 1. The topological polar surface area (TPSA) is 98.5 Å². The Hall–Kier alpha value is -2.72. The molecule has 0 unspecified atom stereocenters. The van der Waals surface area contributed by atoms with Gasteiger partial charge in [-0.2, -0.15) is 0 Å². The summed E-state index contributed by atoms with van der Waals surface area (Å²) in [7, 11) is -2.52. The lowest BCUT2D eigenvalue weighted by molar-refractivity contribution is -0.115. The Kier molecular flexibility index (Phi) is 6.57. The summed E-state index contributed by atoms with van der Waals surface area (Å²) in [5.74, 6) is -1.17. The van der Waals surface area contributed by atoms with Gasteiger partial charge < -0.3 is 14.6 Å². The van der Waals surface area contributed by atoms with E-state index >= 15 is 0 Å². The van der Waals surface area contributed by atoms with Crippen molar-refractivity contribution in [3.05, 3.63) is 58.4 Å². The highest BCUT2D eigenvalue weighted by Gasteiger charge is 2.23. The van der Waals surface area contributed by atoms with Crippen LogP contribution in [0.5, 0.6) is 5.75 Å². The Morgan fingerprint density at radius 3 is 2.63 bits per heavy atom. The Balaban J connectivity index is 1.78. The number of carbonyl (C=O) groups is 1. The molecule has 30 heavy (non-hydrogen) atoms. The van der Waals surface area contributed by atoms with Crippen molar-refractivity contribution in [2.45, 2.75) is 18.2 Å². The molecule has 1 amide bonds. The average Bonchev–Trinajstić information content (AvgIpc) is 3.14. The van der Waals surface area contributed by atoms with Crippen molar-refractivity contribution in [1.29, 1.82) is 0 Å². The molecule has 7 nitrogen and oxygen atoms in total. The van der Waals surface area contributed by atoms with Crippen LogP contribution in [0.2, 0.25) is 0 Å². The molecule has 0 bridgehead atoms. The van der Waals surface area contributed by atoms with Gasteiger partial charge in [0.15, 0.2) is 15.6 Å². The zero-order valence-electron chi connectivity index (χ0n) is 16.1. The molecule has 10 heteroatoms. The van der Waals surface area contributed by atoms with Gasteiger partial charge in [-0.1, -0.05) is 21.1 Å². The number of aryl methyl sites for hydroxylation is 1. The number of anilines is 1. The molecule has 2 aromatic carbocycles. The molecular formula is C20H18BrFN2O5S. The number of carbonyl (C=O) groups excluding carboxylic acids is 1. The van der Waals surface area contributed by atoms with Gasteiger partial charge in [0, 0.05) is 22.5 Å². The first-order valence-corrected chi connectivity index (χ1v) is 11.2. The van der Waals surface area contributed by atoms with Crippen molar-refractivity contribution in [1.82, 2.24) is 5.16 Å². The molecule has 0 saturated carbocycles. The highest BCUT2D eigenvalue weighted by molar-refractivity contribution is 9.10. The van der Waals surface area contributed by atoms with Crippen LogP contribution in [0.15, 0.2) is 56.4 Å². The molecule has 0 aliphatic heterocycles. The van der Waals surface area contributed by atoms with Gasteiger partial charge in [-0.15, -0.1) is 0 Å². The van der Waals surface area contributed by atoms with Gasteiger partial charge in [-0.25, -0.2) is 12.8 Å². The van der Waals surface area contributed by atoms with Crippen molar-refractivity contribution in [2.75, 3.05) is 18.2 Å². The number of sulfone groups is 1. The van der Waals surface area contributed by atoms with Crippen LogP contribution in [-0.2, 0) is 14.6 Å². The summed E-state index contributed by atoms with van der Waals surface area (Å²) in [6, 6.07) is 10.4. The molecule has 0 radical (unpaired) electrons. The standard InChI is InChI=1S/C20H18BrFN2O5S/c1-12-9-18(29-24-12)13-3-6-17(28-2)19(10-13)30(26,27)8-7-20(25)23-16-5-4-14(21)11-15(16)22/h3-6,9-11H,7-8H2,1-2H3,(H,23,25). The van der Waals surface area contributed by atoms with Gasteiger partial charge in [0.05, 0.1) is 24.2 Å². The van der Waals surface area contributed by atoms with Crippen molar-refractivity contribution >= 4 is 37.4 Å². The number of methoxy groups -OCH3 is 1. The van der Waals surface area contributed by atoms with Crippen molar-refractivity contribution in [3.8, 4) is 17.1 Å². The lowest BCUT2D eigenvalue weighted by atomic mass is 10.1. The molecule has 0 saturated heterocycles. The smallest absolute Gasteiger partial charge is 0.225 e. The summed E-state index contributed by atoms with van der Waals surface area (Å²) in [4.78, 5) is 12.1. The summed E-state index contributed by atoms with van der Waals surface area (Å²) in [6.07, 6.45) is -0.355. The van der Waals surface area contributed by atoms with Gasteiger partial charge in [-0.3, -0.25) is 4.79 Å². The zero-order valence-corrected chi connectivity index (χ0v) is 18.5. The maximum absolute atomic E-state index is 13.9. The second-order valence-electron chi connectivity index (χ2n) is 6.44. The minimum atomic E-state index is -3.88. The monoisotopic (exact) mass is 496 g/mol. The first kappa shape index (κ1) is 22.0. The molecule has 0 atom stereocenters. The summed E-state index contributed by atoms with van der Waals surface area (Å²) in [6.45, 7) is 1.75. The second-order valence-corrected chi connectivity index (χ2v) is 9.43. The van der Waals surface area contributed by atoms with Crippen molar-refractivity contribution < 1.29 is 26.9 Å². The number of aromatic nitrogens is 1. The van der Waals surface area contributed by atoms with Crippen LogP contribution in [-0.4, -0.2) is 32.3 Å². The fourth-order valence-corrected chi connectivity index (χ4v) is 4.48. The number of hydrogen-bond acceptors (Lipinski definition) is 6. The minimum Gasteiger partial charge on any atom is -0.495 e. The maximum Gasteiger partial charge on any atom is 0.225 e. The van der Waals surface area contributed by atoms with E-state index in [1.54, 1.807) is 25.1 Å². The first-order valence-electron chi connectivity index (χ1n) is 8.79. The molecular weight excluding hydrogens is 479 g/mol. The van der Waals surface area contributed by atoms with E-state index < -0.39 is 27.3 Å². The lowest BCUT2D eigenvalue weighted by Gasteiger charge is -2.11. The first-order chi connectivity index (χ1) is 14.2. The summed E-state index contributed by atoms with van der Waals surface area (Å²) < 4.78 is 50.5. The number of nitrogens with zero attached hydrogens (tertiary/aromatic N) is 1. The summed E-state index contributed by atoms with van der Waals surface area (Å²) >= 11 is 3.13. The molecule has 1 aromatic heterocycles.